The standard InChI is InChI=1S/C16H16ClF3N4/c1-10-8-14(23-15(21-10)24-6-2-3-7-24)22-13-5-4-11(17)9-12(13)16(18,19)20/h4-5,8-9H,2-3,6-7H2,1H3,(H,21,22,23). The summed E-state index contributed by atoms with van der Waals surface area (Å²) in [5, 5.41) is 2.79. The molecule has 4 nitrogen and oxygen atoms in total. The van der Waals surface area contributed by atoms with Gasteiger partial charge in [-0.05, 0) is 38.0 Å². The number of hydrogen-bond donors (Lipinski definition) is 1. The molecule has 1 saturated heterocycles. The SMILES string of the molecule is Cc1cc(Nc2ccc(Cl)cc2C(F)(F)F)nc(N2CCCC2)n1. The van der Waals surface area contributed by atoms with Crippen molar-refractivity contribution in [3.05, 3.63) is 40.5 Å². The molecule has 2 heterocycles. The number of alkyl halides is 3. The molecule has 1 aliphatic rings. The van der Waals surface area contributed by atoms with Crippen LogP contribution in [0, 0.1) is 6.92 Å². The van der Waals surface area contributed by atoms with Gasteiger partial charge in [0.15, 0.2) is 0 Å². The van der Waals surface area contributed by atoms with Crippen molar-refractivity contribution >= 4 is 29.1 Å². The predicted octanol–water partition coefficient (Wildman–Crippen LogP) is 4.80. The first kappa shape index (κ1) is 16.8. The quantitative estimate of drug-likeness (QED) is 0.857. The maximum absolute atomic E-state index is 13.2. The van der Waals surface area contributed by atoms with Gasteiger partial charge in [0.05, 0.1) is 11.3 Å². The highest BCUT2D eigenvalue weighted by molar-refractivity contribution is 6.30. The van der Waals surface area contributed by atoms with Gasteiger partial charge in [0.1, 0.15) is 5.82 Å². The topological polar surface area (TPSA) is 41.1 Å². The Bertz CT molecular complexity index is 743. The Morgan fingerprint density at radius 2 is 1.83 bits per heavy atom. The van der Waals surface area contributed by atoms with Crippen molar-refractivity contribution in [2.75, 3.05) is 23.3 Å². The second kappa shape index (κ2) is 6.47. The van der Waals surface area contributed by atoms with Crippen molar-refractivity contribution in [3.8, 4) is 0 Å². The van der Waals surface area contributed by atoms with Gasteiger partial charge in [-0.15, -0.1) is 0 Å². The molecule has 0 saturated carbocycles. The van der Waals surface area contributed by atoms with Crippen LogP contribution in [0.4, 0.5) is 30.6 Å². The van der Waals surface area contributed by atoms with E-state index in [9.17, 15) is 13.2 Å². The lowest BCUT2D eigenvalue weighted by Crippen LogP contribution is -2.21. The number of benzene rings is 1. The molecule has 0 bridgehead atoms. The van der Waals surface area contributed by atoms with Crippen molar-refractivity contribution in [2.45, 2.75) is 25.9 Å². The van der Waals surface area contributed by atoms with E-state index < -0.39 is 11.7 Å². The molecule has 1 aromatic carbocycles. The summed E-state index contributed by atoms with van der Waals surface area (Å²) in [4.78, 5) is 10.8. The molecule has 1 aliphatic heterocycles. The molecule has 0 amide bonds. The summed E-state index contributed by atoms with van der Waals surface area (Å²) in [5.74, 6) is 0.870. The van der Waals surface area contributed by atoms with E-state index >= 15 is 0 Å². The smallest absolute Gasteiger partial charge is 0.341 e. The van der Waals surface area contributed by atoms with Gasteiger partial charge < -0.3 is 10.2 Å². The second-order valence-corrected chi connectivity index (χ2v) is 6.14. The maximum atomic E-state index is 13.2. The average molecular weight is 357 g/mol. The van der Waals surface area contributed by atoms with Crippen molar-refractivity contribution in [2.24, 2.45) is 0 Å². The molecule has 24 heavy (non-hydrogen) atoms. The first-order valence-electron chi connectivity index (χ1n) is 7.57. The molecule has 0 atom stereocenters. The number of anilines is 3. The van der Waals surface area contributed by atoms with Crippen LogP contribution in [0.2, 0.25) is 5.02 Å². The highest BCUT2D eigenvalue weighted by Crippen LogP contribution is 2.37. The summed E-state index contributed by atoms with van der Waals surface area (Å²) in [7, 11) is 0. The normalized spacial score (nSPS) is 15.0. The lowest BCUT2D eigenvalue weighted by molar-refractivity contribution is -0.136. The van der Waals surface area contributed by atoms with Crippen LogP contribution in [0.15, 0.2) is 24.3 Å². The van der Waals surface area contributed by atoms with Gasteiger partial charge >= 0.3 is 6.18 Å². The van der Waals surface area contributed by atoms with E-state index in [1.165, 1.54) is 12.1 Å². The number of nitrogens with one attached hydrogen (secondary N) is 1. The third-order valence-corrected chi connectivity index (χ3v) is 4.02. The van der Waals surface area contributed by atoms with E-state index in [1.807, 2.05) is 4.90 Å². The van der Waals surface area contributed by atoms with Gasteiger partial charge in [-0.2, -0.15) is 18.2 Å². The number of halogens is 4. The Kier molecular flexibility index (Phi) is 4.54. The first-order chi connectivity index (χ1) is 11.3. The van der Waals surface area contributed by atoms with E-state index in [2.05, 4.69) is 15.3 Å². The summed E-state index contributed by atoms with van der Waals surface area (Å²) in [6, 6.07) is 5.24. The molecule has 3 rings (SSSR count). The minimum atomic E-state index is -4.51. The number of rotatable bonds is 3. The molecule has 1 aromatic heterocycles. The van der Waals surface area contributed by atoms with Gasteiger partial charge in [0, 0.05) is 29.9 Å². The van der Waals surface area contributed by atoms with Crippen molar-refractivity contribution in [1.82, 2.24) is 9.97 Å². The maximum Gasteiger partial charge on any atom is 0.418 e. The Labute approximate surface area is 142 Å². The van der Waals surface area contributed by atoms with Crippen LogP contribution in [-0.2, 0) is 6.18 Å². The Morgan fingerprint density at radius 1 is 1.12 bits per heavy atom. The van der Waals surface area contributed by atoms with Gasteiger partial charge in [-0.25, -0.2) is 4.98 Å². The zero-order chi connectivity index (χ0) is 17.3. The molecular weight excluding hydrogens is 341 g/mol. The zero-order valence-corrected chi connectivity index (χ0v) is 13.7. The van der Waals surface area contributed by atoms with Crippen LogP contribution >= 0.6 is 11.6 Å². The number of nitrogens with zero attached hydrogens (tertiary/aromatic N) is 3. The molecule has 1 fully saturated rings. The van der Waals surface area contributed by atoms with E-state index in [4.69, 9.17) is 11.6 Å². The molecule has 0 radical (unpaired) electrons. The third-order valence-electron chi connectivity index (χ3n) is 3.78. The fraction of sp³-hybridized carbons (Fsp3) is 0.375. The molecule has 8 heteroatoms. The summed E-state index contributed by atoms with van der Waals surface area (Å²) < 4.78 is 39.6. The fourth-order valence-electron chi connectivity index (χ4n) is 2.67. The summed E-state index contributed by atoms with van der Waals surface area (Å²) in [6.45, 7) is 3.51. The number of aromatic nitrogens is 2. The van der Waals surface area contributed by atoms with Crippen LogP contribution in [0.25, 0.3) is 0 Å². The summed E-state index contributed by atoms with van der Waals surface area (Å²) in [6.07, 6.45) is -2.38. The average Bonchev–Trinajstić information content (AvgIpc) is 3.02. The van der Waals surface area contributed by atoms with E-state index in [0.29, 0.717) is 17.5 Å². The van der Waals surface area contributed by atoms with Crippen molar-refractivity contribution < 1.29 is 13.2 Å². The molecule has 128 valence electrons. The third kappa shape index (κ3) is 3.72. The highest BCUT2D eigenvalue weighted by atomic mass is 35.5. The summed E-state index contributed by atoms with van der Waals surface area (Å²) in [5.41, 5.74) is -0.219. The van der Waals surface area contributed by atoms with Gasteiger partial charge in [-0.1, -0.05) is 11.6 Å². The monoisotopic (exact) mass is 356 g/mol. The van der Waals surface area contributed by atoms with Crippen molar-refractivity contribution in [3.63, 3.8) is 0 Å². The van der Waals surface area contributed by atoms with Crippen LogP contribution in [0.5, 0.6) is 0 Å². The zero-order valence-electron chi connectivity index (χ0n) is 13.0. The van der Waals surface area contributed by atoms with E-state index in [0.717, 1.165) is 32.0 Å². The number of hydrogen-bond acceptors (Lipinski definition) is 4. The van der Waals surface area contributed by atoms with Gasteiger partial charge in [0.25, 0.3) is 0 Å². The minimum Gasteiger partial charge on any atom is -0.341 e. The van der Waals surface area contributed by atoms with Crippen LogP contribution in [-0.4, -0.2) is 23.1 Å². The fourth-order valence-corrected chi connectivity index (χ4v) is 2.85. The molecule has 0 aliphatic carbocycles. The molecule has 2 aromatic rings. The molecule has 0 spiro atoms. The molecule has 0 unspecified atom stereocenters. The minimum absolute atomic E-state index is 0.0319. The Morgan fingerprint density at radius 3 is 2.50 bits per heavy atom. The van der Waals surface area contributed by atoms with Crippen LogP contribution in [0.1, 0.15) is 24.1 Å². The van der Waals surface area contributed by atoms with E-state index in [1.54, 1.807) is 13.0 Å². The lowest BCUT2D eigenvalue weighted by atomic mass is 10.1. The Balaban J connectivity index is 1.94. The summed E-state index contributed by atoms with van der Waals surface area (Å²) >= 11 is 5.70. The first-order valence-corrected chi connectivity index (χ1v) is 7.95. The predicted molar refractivity (Wildman–Crippen MR) is 88.0 cm³/mol. The van der Waals surface area contributed by atoms with Crippen molar-refractivity contribution in [1.29, 1.82) is 0 Å². The lowest BCUT2D eigenvalue weighted by Gasteiger charge is -2.18. The Hall–Kier alpha value is -2.02. The highest BCUT2D eigenvalue weighted by Gasteiger charge is 2.34. The largest absolute Gasteiger partial charge is 0.418 e. The van der Waals surface area contributed by atoms with E-state index in [-0.39, 0.29) is 10.7 Å². The molecule has 1 N–H and O–H groups in total. The van der Waals surface area contributed by atoms with Gasteiger partial charge in [-0.3, -0.25) is 0 Å². The number of aryl methyl sites for hydroxylation is 1. The molecular formula is C16H16ClF3N4. The van der Waals surface area contributed by atoms with Gasteiger partial charge in [0.2, 0.25) is 5.95 Å². The van der Waals surface area contributed by atoms with Crippen LogP contribution < -0.4 is 10.2 Å². The second-order valence-electron chi connectivity index (χ2n) is 5.70. The van der Waals surface area contributed by atoms with Crippen LogP contribution in [0.3, 0.4) is 0 Å².